The third-order valence-electron chi connectivity index (χ3n) is 4.46. The smallest absolute Gasteiger partial charge is 0.252 e. The van der Waals surface area contributed by atoms with Gasteiger partial charge in [-0.25, -0.2) is 4.98 Å². The van der Waals surface area contributed by atoms with Crippen LogP contribution in [0.4, 0.5) is 5.95 Å². The lowest BCUT2D eigenvalue weighted by Gasteiger charge is -2.26. The maximum atomic E-state index is 12.6. The molecule has 0 unspecified atom stereocenters. The lowest BCUT2D eigenvalue weighted by atomic mass is 9.96. The number of H-pyrrole nitrogens is 1. The van der Waals surface area contributed by atoms with E-state index >= 15 is 0 Å². The van der Waals surface area contributed by atoms with Crippen LogP contribution in [0.15, 0.2) is 35.1 Å². The number of carbonyl (C=O) groups is 2. The van der Waals surface area contributed by atoms with E-state index in [1.54, 1.807) is 24.3 Å². The summed E-state index contributed by atoms with van der Waals surface area (Å²) in [6, 6.07) is 7.92. The van der Waals surface area contributed by atoms with E-state index in [0.29, 0.717) is 29.7 Å². The SMILES string of the molecule is NC(=O)C1(NC(=O)c2cccc(-c3cc(=O)[nH]c(N)n3)c2)CCCC1. The number of hydrogen-bond donors (Lipinski definition) is 4. The number of nitrogen functional groups attached to an aromatic ring is 1. The van der Waals surface area contributed by atoms with Crippen molar-refractivity contribution in [3.05, 3.63) is 46.2 Å². The maximum Gasteiger partial charge on any atom is 0.252 e. The monoisotopic (exact) mass is 341 g/mol. The normalized spacial score (nSPS) is 15.7. The average molecular weight is 341 g/mol. The fourth-order valence-corrected chi connectivity index (χ4v) is 3.15. The van der Waals surface area contributed by atoms with E-state index in [1.807, 2.05) is 0 Å². The standard InChI is InChI=1S/C17H19N5O3/c18-15(25)17(6-1-2-7-17)22-14(24)11-5-3-4-10(8-11)12-9-13(23)21-16(19)20-12/h3-5,8-9H,1-2,6-7H2,(H2,18,25)(H,22,24)(H3,19,20,21,23). The van der Waals surface area contributed by atoms with Crippen LogP contribution in [0.1, 0.15) is 36.0 Å². The molecule has 2 aromatic rings. The van der Waals surface area contributed by atoms with E-state index < -0.39 is 11.4 Å². The number of nitrogens with two attached hydrogens (primary N) is 2. The minimum Gasteiger partial charge on any atom is -0.369 e. The molecule has 1 heterocycles. The molecule has 25 heavy (non-hydrogen) atoms. The predicted octanol–water partition coefficient (Wildman–Crippen LogP) is 0.547. The molecule has 1 saturated carbocycles. The second-order valence-electron chi connectivity index (χ2n) is 6.20. The van der Waals surface area contributed by atoms with Gasteiger partial charge < -0.3 is 16.8 Å². The Balaban J connectivity index is 1.89. The van der Waals surface area contributed by atoms with Crippen molar-refractivity contribution in [3.63, 3.8) is 0 Å². The number of amides is 2. The van der Waals surface area contributed by atoms with E-state index in [0.717, 1.165) is 12.8 Å². The zero-order chi connectivity index (χ0) is 18.0. The third-order valence-corrected chi connectivity index (χ3v) is 4.46. The van der Waals surface area contributed by atoms with E-state index in [9.17, 15) is 14.4 Å². The Hall–Kier alpha value is -3.16. The van der Waals surface area contributed by atoms with E-state index in [-0.39, 0.29) is 17.4 Å². The van der Waals surface area contributed by atoms with Gasteiger partial charge in [0.25, 0.3) is 11.5 Å². The van der Waals surface area contributed by atoms with Gasteiger partial charge in [0.05, 0.1) is 5.69 Å². The van der Waals surface area contributed by atoms with Crippen LogP contribution in [0, 0.1) is 0 Å². The zero-order valence-corrected chi connectivity index (χ0v) is 13.5. The number of nitrogens with zero attached hydrogens (tertiary/aromatic N) is 1. The number of hydrogen-bond acceptors (Lipinski definition) is 5. The number of anilines is 1. The molecule has 0 aliphatic heterocycles. The van der Waals surface area contributed by atoms with Crippen molar-refractivity contribution >= 4 is 17.8 Å². The number of rotatable bonds is 4. The van der Waals surface area contributed by atoms with Gasteiger partial charge in [-0.1, -0.05) is 25.0 Å². The fraction of sp³-hybridized carbons (Fsp3) is 0.294. The van der Waals surface area contributed by atoms with Gasteiger partial charge >= 0.3 is 0 Å². The number of aromatic amines is 1. The highest BCUT2D eigenvalue weighted by Gasteiger charge is 2.41. The largest absolute Gasteiger partial charge is 0.369 e. The van der Waals surface area contributed by atoms with Gasteiger partial charge in [-0.2, -0.15) is 0 Å². The highest BCUT2D eigenvalue weighted by molar-refractivity contribution is 5.99. The second kappa shape index (κ2) is 6.39. The third kappa shape index (κ3) is 3.37. The van der Waals surface area contributed by atoms with Crippen LogP contribution >= 0.6 is 0 Å². The molecular weight excluding hydrogens is 322 g/mol. The fourth-order valence-electron chi connectivity index (χ4n) is 3.15. The molecule has 2 amide bonds. The number of nitrogens with one attached hydrogen (secondary N) is 2. The molecule has 8 heteroatoms. The molecule has 6 N–H and O–H groups in total. The molecule has 0 atom stereocenters. The van der Waals surface area contributed by atoms with Crippen LogP contribution in [0.25, 0.3) is 11.3 Å². The molecule has 1 aromatic heterocycles. The number of benzene rings is 1. The first-order valence-electron chi connectivity index (χ1n) is 7.99. The minimum absolute atomic E-state index is 0.00371. The Morgan fingerprint density at radius 2 is 1.92 bits per heavy atom. The summed E-state index contributed by atoms with van der Waals surface area (Å²) in [7, 11) is 0. The van der Waals surface area contributed by atoms with E-state index in [4.69, 9.17) is 11.5 Å². The van der Waals surface area contributed by atoms with Crippen LogP contribution in [0.2, 0.25) is 0 Å². The molecule has 8 nitrogen and oxygen atoms in total. The Morgan fingerprint density at radius 1 is 1.20 bits per heavy atom. The van der Waals surface area contributed by atoms with Crippen molar-refractivity contribution in [1.82, 2.24) is 15.3 Å². The van der Waals surface area contributed by atoms with Gasteiger partial charge in [-0.15, -0.1) is 0 Å². The number of primary amides is 1. The molecule has 1 fully saturated rings. The Bertz CT molecular complexity index is 884. The van der Waals surface area contributed by atoms with Gasteiger partial charge in [0, 0.05) is 17.2 Å². The van der Waals surface area contributed by atoms with Crippen LogP contribution in [-0.4, -0.2) is 27.3 Å². The molecular formula is C17H19N5O3. The lowest BCUT2D eigenvalue weighted by Crippen LogP contribution is -2.55. The van der Waals surface area contributed by atoms with Gasteiger partial charge in [0.2, 0.25) is 11.9 Å². The molecule has 0 saturated heterocycles. The van der Waals surface area contributed by atoms with Crippen molar-refractivity contribution < 1.29 is 9.59 Å². The minimum atomic E-state index is -0.986. The summed E-state index contributed by atoms with van der Waals surface area (Å²) < 4.78 is 0. The topological polar surface area (TPSA) is 144 Å². The van der Waals surface area contributed by atoms with Crippen molar-refractivity contribution in [2.75, 3.05) is 5.73 Å². The zero-order valence-electron chi connectivity index (χ0n) is 13.5. The maximum absolute atomic E-state index is 12.6. The molecule has 0 bridgehead atoms. The summed E-state index contributed by atoms with van der Waals surface area (Å²) in [5, 5.41) is 2.78. The van der Waals surface area contributed by atoms with Crippen LogP contribution < -0.4 is 22.3 Å². The summed E-state index contributed by atoms with van der Waals surface area (Å²) in [4.78, 5) is 42.4. The summed E-state index contributed by atoms with van der Waals surface area (Å²) in [6.07, 6.45) is 2.78. The summed E-state index contributed by atoms with van der Waals surface area (Å²) in [6.45, 7) is 0. The molecule has 1 aliphatic carbocycles. The Kier molecular flexibility index (Phi) is 4.26. The quantitative estimate of drug-likeness (QED) is 0.642. The molecule has 0 spiro atoms. The highest BCUT2D eigenvalue weighted by Crippen LogP contribution is 2.30. The van der Waals surface area contributed by atoms with Crippen molar-refractivity contribution in [2.45, 2.75) is 31.2 Å². The van der Waals surface area contributed by atoms with Gasteiger partial charge in [0.15, 0.2) is 0 Å². The van der Waals surface area contributed by atoms with Crippen LogP contribution in [-0.2, 0) is 4.79 Å². The van der Waals surface area contributed by atoms with Crippen LogP contribution in [0.5, 0.6) is 0 Å². The first-order chi connectivity index (χ1) is 11.9. The molecule has 1 aromatic carbocycles. The Morgan fingerprint density at radius 3 is 2.56 bits per heavy atom. The lowest BCUT2D eigenvalue weighted by molar-refractivity contribution is -0.123. The highest BCUT2D eigenvalue weighted by atomic mass is 16.2. The summed E-state index contributed by atoms with van der Waals surface area (Å²) in [5.74, 6) is -0.908. The predicted molar refractivity (Wildman–Crippen MR) is 92.6 cm³/mol. The van der Waals surface area contributed by atoms with Crippen molar-refractivity contribution in [3.8, 4) is 11.3 Å². The van der Waals surface area contributed by atoms with Gasteiger partial charge in [-0.05, 0) is 25.0 Å². The van der Waals surface area contributed by atoms with Crippen molar-refractivity contribution in [1.29, 1.82) is 0 Å². The second-order valence-corrected chi connectivity index (χ2v) is 6.20. The number of aromatic nitrogens is 2. The first-order valence-corrected chi connectivity index (χ1v) is 7.99. The molecule has 3 rings (SSSR count). The average Bonchev–Trinajstić information content (AvgIpc) is 3.04. The van der Waals surface area contributed by atoms with E-state index in [2.05, 4.69) is 15.3 Å². The molecule has 1 aliphatic rings. The van der Waals surface area contributed by atoms with Crippen molar-refractivity contribution in [2.24, 2.45) is 5.73 Å². The van der Waals surface area contributed by atoms with Crippen LogP contribution in [0.3, 0.4) is 0 Å². The molecule has 0 radical (unpaired) electrons. The Labute approximate surface area is 143 Å². The van der Waals surface area contributed by atoms with Gasteiger partial charge in [-0.3, -0.25) is 19.4 Å². The number of carbonyl (C=O) groups excluding carboxylic acids is 2. The van der Waals surface area contributed by atoms with E-state index in [1.165, 1.54) is 6.07 Å². The van der Waals surface area contributed by atoms with Gasteiger partial charge in [0.1, 0.15) is 5.54 Å². The summed E-state index contributed by atoms with van der Waals surface area (Å²) in [5.41, 5.74) is 11.0. The summed E-state index contributed by atoms with van der Waals surface area (Å²) >= 11 is 0. The molecule has 130 valence electrons. The first kappa shape index (κ1) is 16.7.